The SMILES string of the molecule is CCC(c1cc(F)ccc1Nc1cc(C(F)(F)F)c(F)cc1C(=O)OC)N(CCc1nc(OC)ccc1[N+](=O)[O-])C(=O)OC(C)(C)C. The van der Waals surface area contributed by atoms with Crippen molar-refractivity contribution in [1.29, 1.82) is 0 Å². The number of nitrogens with one attached hydrogen (secondary N) is 1. The summed E-state index contributed by atoms with van der Waals surface area (Å²) in [6, 6.07) is 5.41. The van der Waals surface area contributed by atoms with Gasteiger partial charge in [0.25, 0.3) is 5.69 Å². The second kappa shape index (κ2) is 14.6. The molecule has 1 unspecified atom stereocenters. The summed E-state index contributed by atoms with van der Waals surface area (Å²) in [6.07, 6.45) is -6.11. The first-order valence-corrected chi connectivity index (χ1v) is 14.1. The first-order chi connectivity index (χ1) is 21.9. The van der Waals surface area contributed by atoms with Crippen molar-refractivity contribution < 1.29 is 50.7 Å². The third-order valence-electron chi connectivity index (χ3n) is 6.77. The van der Waals surface area contributed by atoms with Gasteiger partial charge in [-0.25, -0.2) is 23.4 Å². The van der Waals surface area contributed by atoms with Crippen molar-refractivity contribution in [2.24, 2.45) is 0 Å². The predicted molar refractivity (Wildman–Crippen MR) is 160 cm³/mol. The maximum absolute atomic E-state index is 14.8. The van der Waals surface area contributed by atoms with Gasteiger partial charge in [0, 0.05) is 36.3 Å². The quantitative estimate of drug-likeness (QED) is 0.0942. The summed E-state index contributed by atoms with van der Waals surface area (Å²) in [7, 11) is 2.28. The molecule has 3 aromatic rings. The molecular weight excluding hydrogens is 635 g/mol. The Morgan fingerprint density at radius 1 is 1.04 bits per heavy atom. The summed E-state index contributed by atoms with van der Waals surface area (Å²) < 4.78 is 85.4. The number of esters is 1. The Hall–Kier alpha value is -5.02. The molecule has 254 valence electrons. The number of pyridine rings is 1. The predicted octanol–water partition coefficient (Wildman–Crippen LogP) is 7.76. The average molecular weight is 669 g/mol. The Morgan fingerprint density at radius 2 is 1.72 bits per heavy atom. The third kappa shape index (κ3) is 9.04. The lowest BCUT2D eigenvalue weighted by atomic mass is 9.99. The number of rotatable bonds is 11. The van der Waals surface area contributed by atoms with Crippen LogP contribution >= 0.6 is 0 Å². The van der Waals surface area contributed by atoms with Gasteiger partial charge in [-0.2, -0.15) is 13.2 Å². The Balaban J connectivity index is 2.17. The van der Waals surface area contributed by atoms with Crippen molar-refractivity contribution in [1.82, 2.24) is 9.88 Å². The molecule has 16 heteroatoms. The summed E-state index contributed by atoms with van der Waals surface area (Å²) in [4.78, 5) is 42.4. The molecule has 0 fully saturated rings. The van der Waals surface area contributed by atoms with Gasteiger partial charge in [-0.1, -0.05) is 6.92 Å². The molecule has 1 aromatic heterocycles. The fraction of sp³-hybridized carbons (Fsp3) is 0.387. The minimum atomic E-state index is -5.13. The number of anilines is 2. The zero-order valence-electron chi connectivity index (χ0n) is 26.3. The number of nitro groups is 1. The van der Waals surface area contributed by atoms with Crippen LogP contribution in [0.3, 0.4) is 0 Å². The summed E-state index contributed by atoms with van der Waals surface area (Å²) in [6.45, 7) is 6.22. The van der Waals surface area contributed by atoms with Crippen molar-refractivity contribution in [3.63, 3.8) is 0 Å². The molecule has 1 heterocycles. The Labute approximate surface area is 266 Å². The van der Waals surface area contributed by atoms with Crippen molar-refractivity contribution >= 4 is 29.1 Å². The number of methoxy groups -OCH3 is 2. The number of alkyl halides is 3. The summed E-state index contributed by atoms with van der Waals surface area (Å²) >= 11 is 0. The van der Waals surface area contributed by atoms with Crippen molar-refractivity contribution in [3.05, 3.63) is 86.6 Å². The van der Waals surface area contributed by atoms with E-state index in [1.165, 1.54) is 30.2 Å². The van der Waals surface area contributed by atoms with Gasteiger partial charge in [0.2, 0.25) is 5.88 Å². The normalized spacial score (nSPS) is 12.2. The molecule has 1 atom stereocenters. The van der Waals surface area contributed by atoms with Gasteiger partial charge >= 0.3 is 18.2 Å². The number of hydrogen-bond acceptors (Lipinski definition) is 9. The number of ether oxygens (including phenoxy) is 3. The van der Waals surface area contributed by atoms with Crippen LogP contribution in [0, 0.1) is 21.7 Å². The van der Waals surface area contributed by atoms with Gasteiger partial charge < -0.3 is 24.4 Å². The number of halogens is 5. The van der Waals surface area contributed by atoms with E-state index >= 15 is 0 Å². The van der Waals surface area contributed by atoms with E-state index < -0.39 is 63.3 Å². The lowest BCUT2D eigenvalue weighted by Crippen LogP contribution is -2.40. The number of hydrogen-bond donors (Lipinski definition) is 1. The highest BCUT2D eigenvalue weighted by molar-refractivity contribution is 5.97. The van der Waals surface area contributed by atoms with Gasteiger partial charge in [0.1, 0.15) is 22.9 Å². The molecule has 0 saturated carbocycles. The molecule has 1 amide bonds. The highest BCUT2D eigenvalue weighted by Crippen LogP contribution is 2.39. The zero-order valence-corrected chi connectivity index (χ0v) is 26.3. The molecule has 0 bridgehead atoms. The second-order valence-electron chi connectivity index (χ2n) is 11.1. The highest BCUT2D eigenvalue weighted by Gasteiger charge is 2.36. The van der Waals surface area contributed by atoms with Crippen LogP contribution in [0.4, 0.5) is 43.8 Å². The number of aromatic nitrogens is 1. The summed E-state index contributed by atoms with van der Waals surface area (Å²) in [5.41, 5.74) is -4.13. The van der Waals surface area contributed by atoms with Crippen LogP contribution in [0.2, 0.25) is 0 Å². The first-order valence-electron chi connectivity index (χ1n) is 14.1. The van der Waals surface area contributed by atoms with Crippen LogP contribution in [-0.2, 0) is 22.1 Å². The lowest BCUT2D eigenvalue weighted by Gasteiger charge is -2.34. The van der Waals surface area contributed by atoms with E-state index in [1.807, 2.05) is 0 Å². The van der Waals surface area contributed by atoms with Gasteiger partial charge in [-0.15, -0.1) is 0 Å². The molecule has 1 N–H and O–H groups in total. The standard InChI is InChI=1S/C31H33F5N4O7/c1-7-25(39(29(42)47-30(2,3)4)13-12-23-26(40(43)44)10-11-27(38-23)45-5)18-14-17(32)8-9-22(18)37-24-16-20(31(34,35)36)21(33)15-19(24)28(41)46-6/h8-11,14-16,25,37H,7,12-13H2,1-6H3. The molecule has 0 saturated heterocycles. The number of benzene rings is 2. The van der Waals surface area contributed by atoms with Crippen LogP contribution in [0.5, 0.6) is 5.88 Å². The van der Waals surface area contributed by atoms with E-state index in [0.29, 0.717) is 12.1 Å². The van der Waals surface area contributed by atoms with E-state index in [-0.39, 0.29) is 47.9 Å². The topological polar surface area (TPSA) is 133 Å². The molecule has 0 spiro atoms. The summed E-state index contributed by atoms with van der Waals surface area (Å²) in [5, 5.41) is 14.4. The first kappa shape index (κ1) is 36.4. The number of carbonyl (C=O) groups excluding carboxylic acids is 2. The summed E-state index contributed by atoms with van der Waals surface area (Å²) in [5.74, 6) is -3.57. The molecular formula is C31H33F5N4O7. The van der Waals surface area contributed by atoms with Gasteiger partial charge in [0.15, 0.2) is 0 Å². The molecule has 3 rings (SSSR count). The maximum atomic E-state index is 14.8. The van der Waals surface area contributed by atoms with E-state index in [4.69, 9.17) is 9.47 Å². The van der Waals surface area contributed by atoms with Crippen molar-refractivity contribution in [2.75, 3.05) is 26.1 Å². The van der Waals surface area contributed by atoms with Crippen LogP contribution in [-0.4, -0.2) is 53.2 Å². The van der Waals surface area contributed by atoms with E-state index in [9.17, 15) is 41.7 Å². The van der Waals surface area contributed by atoms with Crippen molar-refractivity contribution in [2.45, 2.75) is 58.4 Å². The maximum Gasteiger partial charge on any atom is 0.419 e. The Bertz CT molecular complexity index is 1640. The van der Waals surface area contributed by atoms with E-state index in [2.05, 4.69) is 15.0 Å². The van der Waals surface area contributed by atoms with Crippen LogP contribution in [0.15, 0.2) is 42.5 Å². The monoisotopic (exact) mass is 668 g/mol. The number of amides is 1. The smallest absolute Gasteiger partial charge is 0.419 e. The minimum Gasteiger partial charge on any atom is -0.481 e. The van der Waals surface area contributed by atoms with Crippen LogP contribution in [0.1, 0.15) is 67.3 Å². The molecule has 0 aliphatic carbocycles. The average Bonchev–Trinajstić information content (AvgIpc) is 2.98. The van der Waals surface area contributed by atoms with Gasteiger partial charge in [0.05, 0.1) is 42.0 Å². The molecule has 2 aromatic carbocycles. The second-order valence-corrected chi connectivity index (χ2v) is 11.1. The molecule has 47 heavy (non-hydrogen) atoms. The molecule has 11 nitrogen and oxygen atoms in total. The Kier molecular flexibility index (Phi) is 11.3. The van der Waals surface area contributed by atoms with Crippen LogP contribution in [0.25, 0.3) is 0 Å². The fourth-order valence-electron chi connectivity index (χ4n) is 4.71. The largest absolute Gasteiger partial charge is 0.481 e. The van der Waals surface area contributed by atoms with E-state index in [0.717, 1.165) is 19.2 Å². The van der Waals surface area contributed by atoms with E-state index in [1.54, 1.807) is 27.7 Å². The third-order valence-corrected chi connectivity index (χ3v) is 6.77. The van der Waals surface area contributed by atoms with Crippen molar-refractivity contribution in [3.8, 4) is 5.88 Å². The van der Waals surface area contributed by atoms with Gasteiger partial charge in [-0.3, -0.25) is 10.1 Å². The minimum absolute atomic E-state index is 0.0240. The van der Waals surface area contributed by atoms with Crippen LogP contribution < -0.4 is 10.1 Å². The molecule has 0 radical (unpaired) electrons. The number of carbonyl (C=O) groups is 2. The highest BCUT2D eigenvalue weighted by atomic mass is 19.4. The molecule has 0 aliphatic rings. The zero-order chi connectivity index (χ0) is 35.3. The molecule has 0 aliphatic heterocycles. The Morgan fingerprint density at radius 3 is 2.28 bits per heavy atom. The van der Waals surface area contributed by atoms with Gasteiger partial charge in [-0.05, 0) is 57.5 Å². The lowest BCUT2D eigenvalue weighted by molar-refractivity contribution is -0.386. The number of nitrogens with zero attached hydrogens (tertiary/aromatic N) is 3. The fourth-order valence-corrected chi connectivity index (χ4v) is 4.71.